The average Bonchev–Trinajstić information content (AvgIpc) is 3.15. The number of rotatable bonds is 7. The first-order valence-electron chi connectivity index (χ1n) is 10.8. The van der Waals surface area contributed by atoms with E-state index in [1.807, 2.05) is 25.1 Å². The smallest absolute Gasteiger partial charge is 0.309 e. The summed E-state index contributed by atoms with van der Waals surface area (Å²) in [7, 11) is 0. The van der Waals surface area contributed by atoms with Crippen molar-refractivity contribution in [1.29, 1.82) is 0 Å². The first-order valence-corrected chi connectivity index (χ1v) is 12.4. The molecule has 4 atom stereocenters. The van der Waals surface area contributed by atoms with Crippen molar-refractivity contribution in [2.75, 3.05) is 6.61 Å². The highest BCUT2D eigenvalue weighted by molar-refractivity contribution is 7.16. The van der Waals surface area contributed by atoms with Gasteiger partial charge in [-0.25, -0.2) is 0 Å². The van der Waals surface area contributed by atoms with Gasteiger partial charge < -0.3 is 19.5 Å². The lowest BCUT2D eigenvalue weighted by molar-refractivity contribution is -0.187. The summed E-state index contributed by atoms with van der Waals surface area (Å²) in [6.45, 7) is 6.99. The maximum absolute atomic E-state index is 13.6. The van der Waals surface area contributed by atoms with E-state index in [0.717, 1.165) is 10.4 Å². The second kappa shape index (κ2) is 10.7. The van der Waals surface area contributed by atoms with Crippen LogP contribution in [0, 0.1) is 0 Å². The number of carbonyl (C=O) groups is 2. The SMILES string of the molecule is CC[C@@H](CO)N1C(=O)[C@H](CC(=O)OC(C)(C)C)OC(c2cccc(Cl)c2)C1c1ccc(Cl)s1. The van der Waals surface area contributed by atoms with Crippen LogP contribution >= 0.6 is 34.5 Å². The summed E-state index contributed by atoms with van der Waals surface area (Å²) < 4.78 is 12.3. The largest absolute Gasteiger partial charge is 0.460 e. The lowest BCUT2D eigenvalue weighted by atomic mass is 9.93. The van der Waals surface area contributed by atoms with E-state index in [-0.39, 0.29) is 18.9 Å². The van der Waals surface area contributed by atoms with E-state index < -0.39 is 35.9 Å². The average molecular weight is 514 g/mol. The van der Waals surface area contributed by atoms with Gasteiger partial charge in [-0.3, -0.25) is 9.59 Å². The van der Waals surface area contributed by atoms with Crippen LogP contribution in [0.15, 0.2) is 36.4 Å². The summed E-state index contributed by atoms with van der Waals surface area (Å²) in [5.41, 5.74) is 0.0743. The summed E-state index contributed by atoms with van der Waals surface area (Å²) in [4.78, 5) is 28.7. The van der Waals surface area contributed by atoms with Gasteiger partial charge in [-0.05, 0) is 57.0 Å². The fourth-order valence-electron chi connectivity index (χ4n) is 3.97. The molecule has 2 unspecified atom stereocenters. The third-order valence-corrected chi connectivity index (χ3v) is 6.87. The van der Waals surface area contributed by atoms with E-state index in [4.69, 9.17) is 32.7 Å². The molecule has 0 radical (unpaired) electrons. The van der Waals surface area contributed by atoms with Crippen LogP contribution in [0.1, 0.15) is 63.1 Å². The topological polar surface area (TPSA) is 76.1 Å². The number of amides is 1. The van der Waals surface area contributed by atoms with Gasteiger partial charge in [0.15, 0.2) is 0 Å². The molecule has 9 heteroatoms. The molecule has 1 aromatic heterocycles. The third-order valence-electron chi connectivity index (χ3n) is 5.34. The number of esters is 1. The van der Waals surface area contributed by atoms with Crippen LogP contribution in [-0.2, 0) is 19.1 Å². The molecule has 1 N–H and O–H groups in total. The molecule has 1 aromatic carbocycles. The lowest BCUT2D eigenvalue weighted by Crippen LogP contribution is -2.56. The molecule has 0 saturated carbocycles. The zero-order chi connectivity index (χ0) is 24.3. The van der Waals surface area contributed by atoms with E-state index in [9.17, 15) is 14.7 Å². The molecule has 2 aromatic rings. The molecule has 0 aliphatic carbocycles. The Morgan fingerprint density at radius 1 is 1.27 bits per heavy atom. The molecule has 0 spiro atoms. The van der Waals surface area contributed by atoms with Gasteiger partial charge >= 0.3 is 5.97 Å². The van der Waals surface area contributed by atoms with Crippen LogP contribution in [0.2, 0.25) is 9.36 Å². The number of hydrogen-bond donors (Lipinski definition) is 1. The summed E-state index contributed by atoms with van der Waals surface area (Å²) >= 11 is 13.8. The third kappa shape index (κ3) is 6.28. The normalized spacial score (nSPS) is 22.3. The van der Waals surface area contributed by atoms with Gasteiger partial charge in [0.1, 0.15) is 17.8 Å². The highest BCUT2D eigenvalue weighted by atomic mass is 35.5. The Bertz CT molecular complexity index is 985. The van der Waals surface area contributed by atoms with Crippen LogP contribution in [0.25, 0.3) is 0 Å². The summed E-state index contributed by atoms with van der Waals surface area (Å²) in [6.07, 6.45) is -1.39. The highest BCUT2D eigenvalue weighted by Crippen LogP contribution is 2.46. The zero-order valence-electron chi connectivity index (χ0n) is 19.1. The number of thiophene rings is 1. The maximum atomic E-state index is 13.6. The van der Waals surface area contributed by atoms with Gasteiger partial charge in [-0.15, -0.1) is 11.3 Å². The van der Waals surface area contributed by atoms with Gasteiger partial charge in [-0.1, -0.05) is 42.3 Å². The minimum atomic E-state index is -1.06. The first-order chi connectivity index (χ1) is 15.5. The van der Waals surface area contributed by atoms with Crippen molar-refractivity contribution in [2.24, 2.45) is 0 Å². The highest BCUT2D eigenvalue weighted by Gasteiger charge is 2.47. The molecule has 33 heavy (non-hydrogen) atoms. The Hall–Kier alpha value is -1.64. The zero-order valence-corrected chi connectivity index (χ0v) is 21.4. The molecule has 180 valence electrons. The lowest BCUT2D eigenvalue weighted by Gasteiger charge is -2.47. The molecule has 6 nitrogen and oxygen atoms in total. The molecule has 2 heterocycles. The Morgan fingerprint density at radius 2 is 2.00 bits per heavy atom. The Labute approximate surface area is 208 Å². The molecule has 1 aliphatic rings. The van der Waals surface area contributed by atoms with Crippen molar-refractivity contribution in [1.82, 2.24) is 4.90 Å². The number of nitrogens with zero attached hydrogens (tertiary/aromatic N) is 1. The van der Waals surface area contributed by atoms with E-state index in [0.29, 0.717) is 15.8 Å². The van der Waals surface area contributed by atoms with Crippen LogP contribution in [0.3, 0.4) is 0 Å². The Balaban J connectivity index is 2.07. The number of morpholine rings is 1. The second-order valence-electron chi connectivity index (χ2n) is 8.97. The number of halogens is 2. The number of aliphatic hydroxyl groups is 1. The molecular weight excluding hydrogens is 485 g/mol. The Kier molecular flexibility index (Phi) is 8.45. The van der Waals surface area contributed by atoms with Crippen molar-refractivity contribution in [3.8, 4) is 0 Å². The minimum Gasteiger partial charge on any atom is -0.460 e. The van der Waals surface area contributed by atoms with Crippen LogP contribution in [0.5, 0.6) is 0 Å². The standard InChI is InChI=1S/C24H29Cl2NO5S/c1-5-16(13-28)27-21(18-9-10-19(26)33-18)22(14-7-6-8-15(25)11-14)31-17(23(27)30)12-20(29)32-24(2,3)4/h6-11,16-17,21-22,28H,5,12-13H2,1-4H3/t16-,17-,21?,22?/m0/s1. The number of aliphatic hydroxyl groups excluding tert-OH is 1. The van der Waals surface area contributed by atoms with Gasteiger partial charge in [0.2, 0.25) is 0 Å². The van der Waals surface area contributed by atoms with Crippen molar-refractivity contribution < 1.29 is 24.2 Å². The van der Waals surface area contributed by atoms with Crippen LogP contribution < -0.4 is 0 Å². The fraction of sp³-hybridized carbons (Fsp3) is 0.500. The first kappa shape index (κ1) is 26.0. The van der Waals surface area contributed by atoms with E-state index in [1.54, 1.807) is 43.9 Å². The van der Waals surface area contributed by atoms with Gasteiger partial charge in [-0.2, -0.15) is 0 Å². The molecule has 3 rings (SSSR count). The van der Waals surface area contributed by atoms with Crippen LogP contribution in [0.4, 0.5) is 0 Å². The predicted molar refractivity (Wildman–Crippen MR) is 130 cm³/mol. The van der Waals surface area contributed by atoms with Crippen molar-refractivity contribution in [3.05, 3.63) is 56.2 Å². The van der Waals surface area contributed by atoms with E-state index in [1.165, 1.54) is 11.3 Å². The molecule has 1 saturated heterocycles. The van der Waals surface area contributed by atoms with Crippen molar-refractivity contribution >= 4 is 46.4 Å². The predicted octanol–water partition coefficient (Wildman–Crippen LogP) is 5.57. The molecule has 1 amide bonds. The van der Waals surface area contributed by atoms with Crippen LogP contribution in [-0.4, -0.2) is 46.2 Å². The summed E-state index contributed by atoms with van der Waals surface area (Å²) in [5.74, 6) is -0.894. The molecule has 0 bridgehead atoms. The van der Waals surface area contributed by atoms with Gasteiger partial charge in [0.05, 0.1) is 29.4 Å². The molecular formula is C24H29Cl2NO5S. The monoisotopic (exact) mass is 513 g/mol. The summed E-state index contributed by atoms with van der Waals surface area (Å²) in [6, 6.07) is 9.85. The molecule has 1 fully saturated rings. The van der Waals surface area contributed by atoms with Crippen molar-refractivity contribution in [3.63, 3.8) is 0 Å². The fourth-order valence-corrected chi connectivity index (χ4v) is 5.35. The molecule has 1 aliphatic heterocycles. The minimum absolute atomic E-state index is 0.223. The van der Waals surface area contributed by atoms with E-state index in [2.05, 4.69) is 0 Å². The number of benzene rings is 1. The number of ether oxygens (including phenoxy) is 2. The van der Waals surface area contributed by atoms with Crippen molar-refractivity contribution in [2.45, 2.75) is 70.4 Å². The quantitative estimate of drug-likeness (QED) is 0.489. The number of carbonyl (C=O) groups excluding carboxylic acids is 2. The summed E-state index contributed by atoms with van der Waals surface area (Å²) in [5, 5.41) is 10.6. The van der Waals surface area contributed by atoms with Gasteiger partial charge in [0.25, 0.3) is 5.91 Å². The van der Waals surface area contributed by atoms with E-state index >= 15 is 0 Å². The second-order valence-corrected chi connectivity index (χ2v) is 11.2. The van der Waals surface area contributed by atoms with Gasteiger partial charge in [0, 0.05) is 9.90 Å². The number of hydrogen-bond acceptors (Lipinski definition) is 6. The Morgan fingerprint density at radius 3 is 2.55 bits per heavy atom. The maximum Gasteiger partial charge on any atom is 0.309 e.